The molecule has 524 valence electrons. The van der Waals surface area contributed by atoms with Crippen LogP contribution in [0, 0.1) is 0 Å². The predicted octanol–water partition coefficient (Wildman–Crippen LogP) is 10.1. The second-order valence-electron chi connectivity index (χ2n) is 23.3. The monoisotopic (exact) mass is 1400 g/mol. The van der Waals surface area contributed by atoms with Gasteiger partial charge in [0.25, 0.3) is 0 Å². The Morgan fingerprint density at radius 1 is 0.443 bits per heavy atom. The number of nitrogens with one attached hydrogen (secondary N) is 5. The predicted molar refractivity (Wildman–Crippen MR) is 358 cm³/mol. The molecule has 5 amide bonds. The number of phosphoric ester groups is 3. The van der Waals surface area contributed by atoms with Crippen LogP contribution >= 0.6 is 23.5 Å². The van der Waals surface area contributed by atoms with E-state index in [2.05, 4.69) is 51.3 Å². The largest absolute Gasteiger partial charge is 0.472 e. The first kappa shape index (κ1) is 75.3. The van der Waals surface area contributed by atoms with Gasteiger partial charge in [-0.15, -0.1) is 0 Å². The molecule has 4 aromatic carbocycles. The van der Waals surface area contributed by atoms with Crippen LogP contribution in [-0.2, 0) is 82.7 Å². The number of carbonyl (C=O) groups is 6. The molecule has 4 atom stereocenters. The van der Waals surface area contributed by atoms with E-state index in [-0.39, 0.29) is 127 Å². The lowest BCUT2D eigenvalue weighted by molar-refractivity contribution is -0.125. The standard InChI is InChI=1S/C65H86N11O18P3/c1-89-95(83,84)94-50(43-67-57(78)32-16-21-41-92-96(85,86)90-39-19-5-2-3-7-25-49(77)34-36-60(81)75-45-47-23-8-10-26-51(47)62-64(71-73-69-62)53-28-12-14-30-55(53)75)44-68-58(79)33-17-22-42-93-97(87,88)91-40-20-6-4-18-38-66-59(80)35-37-61(82)76-46-48-24-9-11-27-52(48)63-65(72-74-70-63)54-29-13-15-31-56(54)76/h8-15,23-24,26-31,50H,2-7,16-22,25,32-46H2,1H3,(H,66,80)(H,67,78)(H,68,79)(H,83,84)(H,85,86)(H,87,88)(H,69,71,73)(H,70,72,74). The number of aromatic nitrogens is 6. The van der Waals surface area contributed by atoms with E-state index in [0.29, 0.717) is 105 Å². The highest BCUT2D eigenvalue weighted by Gasteiger charge is 2.31. The van der Waals surface area contributed by atoms with Gasteiger partial charge >= 0.3 is 23.5 Å². The minimum atomic E-state index is -4.55. The molecule has 32 heteroatoms. The number of anilines is 2. The van der Waals surface area contributed by atoms with Gasteiger partial charge in [-0.25, -0.2) is 13.7 Å². The minimum absolute atomic E-state index is 0.000645. The normalized spacial score (nSPS) is 14.6. The van der Waals surface area contributed by atoms with Crippen LogP contribution in [0.1, 0.15) is 140 Å². The first-order valence-corrected chi connectivity index (χ1v) is 37.2. The molecular formula is C65H86N11O18P3. The lowest BCUT2D eigenvalue weighted by Gasteiger charge is -2.28. The van der Waals surface area contributed by atoms with Crippen molar-refractivity contribution in [1.29, 1.82) is 0 Å². The van der Waals surface area contributed by atoms with Crippen LogP contribution < -0.4 is 25.8 Å². The topological polar surface area (TPSA) is 395 Å². The van der Waals surface area contributed by atoms with Crippen molar-refractivity contribution in [3.8, 4) is 45.0 Å². The molecule has 0 saturated carbocycles. The second kappa shape index (κ2) is 38.0. The quantitative estimate of drug-likeness (QED) is 0.0130. The SMILES string of the molecule is COP(=O)(O)OC(CNC(=O)CCCCOP(=O)(O)OCCCCCCCC(=O)CCC(=O)N1Cc2ccccc2-c2n[nH]nc2-c2ccccc21)CNC(=O)CCCCOP(=O)(O)OCCCCCCNC(=O)CCC(=O)N1Cc2ccccc2-c2n[nH]nc2-c2ccccc21. The van der Waals surface area contributed by atoms with Gasteiger partial charge in [-0.2, -0.15) is 30.8 Å². The number of fused-ring (bicyclic) bond motifs is 10. The maximum absolute atomic E-state index is 13.7. The molecule has 0 bridgehead atoms. The van der Waals surface area contributed by atoms with E-state index in [1.807, 2.05) is 97.1 Å². The van der Waals surface area contributed by atoms with Gasteiger partial charge in [0.1, 0.15) is 34.7 Å². The third-order valence-corrected chi connectivity index (χ3v) is 19.2. The Morgan fingerprint density at radius 2 is 0.814 bits per heavy atom. The third-order valence-electron chi connectivity index (χ3n) is 16.2. The van der Waals surface area contributed by atoms with Gasteiger partial charge in [0.15, 0.2) is 0 Å². The number of nitrogens with zero attached hydrogens (tertiary/aromatic N) is 6. The highest BCUT2D eigenvalue weighted by atomic mass is 31.2. The van der Waals surface area contributed by atoms with Crippen molar-refractivity contribution in [2.45, 2.75) is 148 Å². The summed E-state index contributed by atoms with van der Waals surface area (Å²) >= 11 is 0. The average molecular weight is 1400 g/mol. The van der Waals surface area contributed by atoms with E-state index in [9.17, 15) is 57.1 Å². The molecule has 0 spiro atoms. The molecule has 0 saturated heterocycles. The van der Waals surface area contributed by atoms with Crippen LogP contribution in [0.15, 0.2) is 97.1 Å². The Labute approximate surface area is 562 Å². The number of phosphoric acid groups is 3. The van der Waals surface area contributed by atoms with Crippen molar-refractivity contribution in [1.82, 2.24) is 46.8 Å². The fourth-order valence-corrected chi connectivity index (χ4v) is 13.3. The molecule has 4 unspecified atom stereocenters. The van der Waals surface area contributed by atoms with Crippen molar-refractivity contribution < 1.29 is 84.3 Å². The number of hydrogen-bond donors (Lipinski definition) is 8. The fourth-order valence-electron chi connectivity index (χ4n) is 11.1. The maximum Gasteiger partial charge on any atom is 0.472 e. The van der Waals surface area contributed by atoms with Gasteiger partial charge in [-0.3, -0.25) is 55.9 Å². The Morgan fingerprint density at radius 3 is 1.29 bits per heavy atom. The Hall–Kier alpha value is -7.49. The molecule has 6 aromatic rings. The summed E-state index contributed by atoms with van der Waals surface area (Å²) in [6.07, 6.45) is 5.96. The summed E-state index contributed by atoms with van der Waals surface area (Å²) in [7, 11) is -12.3. The molecule has 0 aliphatic carbocycles. The molecule has 97 heavy (non-hydrogen) atoms. The maximum atomic E-state index is 13.7. The van der Waals surface area contributed by atoms with Crippen LogP contribution in [0.3, 0.4) is 0 Å². The lowest BCUT2D eigenvalue weighted by Crippen LogP contribution is -2.41. The van der Waals surface area contributed by atoms with Crippen LogP contribution in [0.4, 0.5) is 11.4 Å². The van der Waals surface area contributed by atoms with Crippen LogP contribution in [0.25, 0.3) is 45.0 Å². The zero-order chi connectivity index (χ0) is 69.1. The smallest absolute Gasteiger partial charge is 0.356 e. The summed E-state index contributed by atoms with van der Waals surface area (Å²) in [4.78, 5) is 112. The molecular weight excluding hydrogens is 1320 g/mol. The van der Waals surface area contributed by atoms with Gasteiger partial charge < -0.3 is 40.4 Å². The number of benzene rings is 4. The number of H-pyrrole nitrogens is 2. The van der Waals surface area contributed by atoms with E-state index >= 15 is 0 Å². The average Bonchev–Trinajstić information content (AvgIpc) is 1.76. The Bertz CT molecular complexity index is 3530. The van der Waals surface area contributed by atoms with Crippen molar-refractivity contribution in [2.24, 2.45) is 0 Å². The number of amides is 5. The number of aromatic amines is 2. The first-order valence-electron chi connectivity index (χ1n) is 32.7. The Balaban J connectivity index is 0.598. The lowest BCUT2D eigenvalue weighted by atomic mass is 9.95. The second-order valence-corrected chi connectivity index (χ2v) is 27.8. The number of para-hydroxylation sites is 2. The number of unbranched alkanes of at least 4 members (excludes halogenated alkanes) is 9. The van der Waals surface area contributed by atoms with E-state index < -0.39 is 41.4 Å². The molecule has 8 N–H and O–H groups in total. The number of carbonyl (C=O) groups excluding carboxylic acids is 6. The molecule has 8 rings (SSSR count). The summed E-state index contributed by atoms with van der Waals surface area (Å²) in [5.41, 5.74) is 9.17. The van der Waals surface area contributed by atoms with Gasteiger partial charge in [0.2, 0.25) is 29.5 Å². The molecule has 2 aliphatic rings. The summed E-state index contributed by atoms with van der Waals surface area (Å²) < 4.78 is 67.1. The zero-order valence-electron chi connectivity index (χ0n) is 54.3. The van der Waals surface area contributed by atoms with Crippen LogP contribution in [-0.4, -0.2) is 140 Å². The van der Waals surface area contributed by atoms with Crippen molar-refractivity contribution in [2.75, 3.05) is 63.0 Å². The molecule has 0 fully saturated rings. The third kappa shape index (κ3) is 23.9. The van der Waals surface area contributed by atoms with Crippen molar-refractivity contribution in [3.63, 3.8) is 0 Å². The summed E-state index contributed by atoms with van der Waals surface area (Å²) in [6, 6.07) is 30.4. The van der Waals surface area contributed by atoms with E-state index in [4.69, 9.17) is 22.6 Å². The summed E-state index contributed by atoms with van der Waals surface area (Å²) in [5.74, 6) is -1.58. The van der Waals surface area contributed by atoms with Crippen LogP contribution in [0.2, 0.25) is 0 Å². The van der Waals surface area contributed by atoms with Crippen LogP contribution in [0.5, 0.6) is 0 Å². The van der Waals surface area contributed by atoms with E-state index in [0.717, 1.165) is 53.3 Å². The van der Waals surface area contributed by atoms with Gasteiger partial charge in [-0.1, -0.05) is 117 Å². The summed E-state index contributed by atoms with van der Waals surface area (Å²) in [5, 5.41) is 31.0. The van der Waals surface area contributed by atoms with E-state index in [1.165, 1.54) is 0 Å². The number of Topliss-reactive ketones (excluding diaryl/α,β-unsaturated/α-hetero) is 1. The highest BCUT2D eigenvalue weighted by molar-refractivity contribution is 7.47. The number of ketones is 1. The number of hydrogen-bond acceptors (Lipinski definition) is 19. The molecule has 2 aromatic heterocycles. The molecule has 29 nitrogen and oxygen atoms in total. The molecule has 0 radical (unpaired) electrons. The van der Waals surface area contributed by atoms with Gasteiger partial charge in [0, 0.05) is 93.9 Å². The van der Waals surface area contributed by atoms with Crippen molar-refractivity contribution >= 4 is 70.2 Å². The highest BCUT2D eigenvalue weighted by Crippen LogP contribution is 2.46. The van der Waals surface area contributed by atoms with Gasteiger partial charge in [-0.05, 0) is 74.6 Å². The Kier molecular flexibility index (Phi) is 29.5. The first-order chi connectivity index (χ1) is 46.8. The molecule has 2 aliphatic heterocycles. The fraction of sp³-hybridized carbons (Fsp3) is 0.477. The summed E-state index contributed by atoms with van der Waals surface area (Å²) in [6.45, 7) is 0.0117. The minimum Gasteiger partial charge on any atom is -0.356 e. The van der Waals surface area contributed by atoms with Crippen molar-refractivity contribution in [3.05, 3.63) is 108 Å². The van der Waals surface area contributed by atoms with E-state index in [1.54, 1.807) is 9.80 Å². The molecule has 4 heterocycles. The number of rotatable bonds is 42. The van der Waals surface area contributed by atoms with Gasteiger partial charge in [0.05, 0.1) is 50.9 Å². The zero-order valence-corrected chi connectivity index (χ0v) is 57.0.